The first kappa shape index (κ1) is 16.9. The number of anilines is 2. The number of carbonyl (C=O) groups excluding carboxylic acids is 1. The van der Waals surface area contributed by atoms with E-state index in [1.54, 1.807) is 25.5 Å². The van der Waals surface area contributed by atoms with Gasteiger partial charge in [-0.1, -0.05) is 0 Å². The molecule has 0 unspecified atom stereocenters. The standard InChI is InChI=1S/C17H22N6O2/c1-22-8-4-5-14(17(22)25)16(24)19-7-6-18-15-11-13(12-20-21-15)23-9-2-3-10-23/h4-5,8,11-12H,2-3,6-7,9-10H2,1H3,(H,18,21)(H,19,24). The smallest absolute Gasteiger partial charge is 0.263 e. The molecule has 3 heterocycles. The highest BCUT2D eigenvalue weighted by molar-refractivity contribution is 5.93. The van der Waals surface area contributed by atoms with Gasteiger partial charge < -0.3 is 20.1 Å². The lowest BCUT2D eigenvalue weighted by Crippen LogP contribution is -2.34. The van der Waals surface area contributed by atoms with Gasteiger partial charge in [-0.15, -0.1) is 5.10 Å². The molecule has 0 spiro atoms. The van der Waals surface area contributed by atoms with Gasteiger partial charge in [0, 0.05) is 45.5 Å². The molecule has 1 saturated heterocycles. The highest BCUT2D eigenvalue weighted by atomic mass is 16.2. The Hall–Kier alpha value is -2.90. The van der Waals surface area contributed by atoms with Gasteiger partial charge in [0.2, 0.25) is 0 Å². The number of aryl methyl sites for hydroxylation is 1. The lowest BCUT2D eigenvalue weighted by Gasteiger charge is -2.17. The van der Waals surface area contributed by atoms with Gasteiger partial charge in [0.15, 0.2) is 5.82 Å². The predicted octanol–water partition coefficient (Wildman–Crippen LogP) is 0.617. The van der Waals surface area contributed by atoms with E-state index in [-0.39, 0.29) is 17.0 Å². The third kappa shape index (κ3) is 4.14. The number of amides is 1. The molecule has 0 atom stereocenters. The molecule has 1 aliphatic rings. The van der Waals surface area contributed by atoms with Crippen molar-refractivity contribution in [3.05, 3.63) is 46.5 Å². The van der Waals surface area contributed by atoms with E-state index in [1.165, 1.54) is 23.5 Å². The summed E-state index contributed by atoms with van der Waals surface area (Å²) in [6, 6.07) is 5.16. The van der Waals surface area contributed by atoms with Gasteiger partial charge in [-0.25, -0.2) is 0 Å². The van der Waals surface area contributed by atoms with Gasteiger partial charge in [0.05, 0.1) is 11.9 Å². The van der Waals surface area contributed by atoms with Crippen LogP contribution >= 0.6 is 0 Å². The minimum atomic E-state index is -0.375. The third-order valence-corrected chi connectivity index (χ3v) is 4.20. The maximum absolute atomic E-state index is 12.1. The van der Waals surface area contributed by atoms with E-state index in [0.717, 1.165) is 18.8 Å². The first-order chi connectivity index (χ1) is 12.1. The predicted molar refractivity (Wildman–Crippen MR) is 96.0 cm³/mol. The van der Waals surface area contributed by atoms with E-state index >= 15 is 0 Å². The van der Waals surface area contributed by atoms with E-state index in [1.807, 2.05) is 6.07 Å². The van der Waals surface area contributed by atoms with E-state index in [9.17, 15) is 9.59 Å². The molecule has 2 N–H and O–H groups in total. The summed E-state index contributed by atoms with van der Waals surface area (Å²) >= 11 is 0. The second-order valence-corrected chi connectivity index (χ2v) is 6.01. The largest absolute Gasteiger partial charge is 0.370 e. The molecule has 0 saturated carbocycles. The van der Waals surface area contributed by atoms with Gasteiger partial charge in [0.25, 0.3) is 11.5 Å². The molecule has 2 aromatic rings. The number of rotatable bonds is 6. The zero-order chi connectivity index (χ0) is 17.6. The van der Waals surface area contributed by atoms with Gasteiger partial charge in [-0.3, -0.25) is 9.59 Å². The fraction of sp³-hybridized carbons (Fsp3) is 0.412. The molecule has 2 aromatic heterocycles. The van der Waals surface area contributed by atoms with Crippen molar-refractivity contribution in [2.24, 2.45) is 7.05 Å². The van der Waals surface area contributed by atoms with Crippen LogP contribution in [0.15, 0.2) is 35.4 Å². The molecule has 0 aliphatic carbocycles. The third-order valence-electron chi connectivity index (χ3n) is 4.20. The molecule has 0 radical (unpaired) electrons. The molecule has 132 valence electrons. The first-order valence-electron chi connectivity index (χ1n) is 8.40. The summed E-state index contributed by atoms with van der Waals surface area (Å²) in [6.07, 6.45) is 5.79. The van der Waals surface area contributed by atoms with Crippen molar-refractivity contribution in [1.29, 1.82) is 0 Å². The molecule has 3 rings (SSSR count). The topological polar surface area (TPSA) is 92.2 Å². The molecular formula is C17H22N6O2. The minimum Gasteiger partial charge on any atom is -0.370 e. The van der Waals surface area contributed by atoms with Crippen molar-refractivity contribution in [3.8, 4) is 0 Å². The molecule has 0 aromatic carbocycles. The highest BCUT2D eigenvalue weighted by Crippen LogP contribution is 2.20. The van der Waals surface area contributed by atoms with Crippen molar-refractivity contribution >= 4 is 17.4 Å². The maximum atomic E-state index is 12.1. The van der Waals surface area contributed by atoms with Crippen molar-refractivity contribution in [2.75, 3.05) is 36.4 Å². The summed E-state index contributed by atoms with van der Waals surface area (Å²) in [5, 5.41) is 14.0. The quantitative estimate of drug-likeness (QED) is 0.748. The van der Waals surface area contributed by atoms with Crippen LogP contribution in [-0.2, 0) is 7.05 Å². The second kappa shape index (κ2) is 7.78. The fourth-order valence-corrected chi connectivity index (χ4v) is 2.82. The maximum Gasteiger partial charge on any atom is 0.263 e. The van der Waals surface area contributed by atoms with Crippen LogP contribution < -0.4 is 21.1 Å². The normalized spacial score (nSPS) is 13.7. The fourth-order valence-electron chi connectivity index (χ4n) is 2.82. The molecule has 1 amide bonds. The first-order valence-corrected chi connectivity index (χ1v) is 8.40. The molecule has 0 bridgehead atoms. The Morgan fingerprint density at radius 1 is 1.28 bits per heavy atom. The molecule has 1 aliphatic heterocycles. The van der Waals surface area contributed by atoms with E-state index in [0.29, 0.717) is 18.9 Å². The zero-order valence-corrected chi connectivity index (χ0v) is 14.2. The molecule has 25 heavy (non-hydrogen) atoms. The number of nitrogens with zero attached hydrogens (tertiary/aromatic N) is 4. The van der Waals surface area contributed by atoms with Crippen LogP contribution in [0.2, 0.25) is 0 Å². The summed E-state index contributed by atoms with van der Waals surface area (Å²) in [5.41, 5.74) is 0.893. The molecule has 1 fully saturated rings. The van der Waals surface area contributed by atoms with E-state index < -0.39 is 0 Å². The number of aromatic nitrogens is 3. The molecular weight excluding hydrogens is 320 g/mol. The molecule has 8 nitrogen and oxygen atoms in total. The minimum absolute atomic E-state index is 0.140. The Morgan fingerprint density at radius 2 is 2.08 bits per heavy atom. The van der Waals surface area contributed by atoms with Crippen molar-refractivity contribution in [3.63, 3.8) is 0 Å². The highest BCUT2D eigenvalue weighted by Gasteiger charge is 2.13. The second-order valence-electron chi connectivity index (χ2n) is 6.01. The van der Waals surface area contributed by atoms with Crippen LogP contribution in [0, 0.1) is 0 Å². The number of carbonyl (C=O) groups is 1. The van der Waals surface area contributed by atoms with Crippen molar-refractivity contribution < 1.29 is 4.79 Å². The van der Waals surface area contributed by atoms with E-state index in [4.69, 9.17) is 0 Å². The van der Waals surface area contributed by atoms with Gasteiger partial charge in [-0.05, 0) is 25.0 Å². The Bertz CT molecular complexity index is 798. The van der Waals surface area contributed by atoms with Crippen LogP contribution in [0.5, 0.6) is 0 Å². The van der Waals surface area contributed by atoms with Gasteiger partial charge in [-0.2, -0.15) is 5.10 Å². The summed E-state index contributed by atoms with van der Waals surface area (Å²) in [4.78, 5) is 26.2. The van der Waals surface area contributed by atoms with Crippen molar-refractivity contribution in [1.82, 2.24) is 20.1 Å². The Morgan fingerprint density at radius 3 is 2.88 bits per heavy atom. The zero-order valence-electron chi connectivity index (χ0n) is 14.2. The Labute approximate surface area is 145 Å². The Balaban J connectivity index is 1.50. The number of hydrogen-bond acceptors (Lipinski definition) is 6. The van der Waals surface area contributed by atoms with Crippen LogP contribution in [0.4, 0.5) is 11.5 Å². The number of nitrogens with one attached hydrogen (secondary N) is 2. The van der Waals surface area contributed by atoms with Gasteiger partial charge in [0.1, 0.15) is 5.56 Å². The summed E-state index contributed by atoms with van der Waals surface area (Å²) in [6.45, 7) is 2.98. The average molecular weight is 342 g/mol. The van der Waals surface area contributed by atoms with Crippen LogP contribution in [0.1, 0.15) is 23.2 Å². The monoisotopic (exact) mass is 342 g/mol. The average Bonchev–Trinajstić information content (AvgIpc) is 3.16. The number of pyridine rings is 1. The van der Waals surface area contributed by atoms with Gasteiger partial charge >= 0.3 is 0 Å². The molecule has 8 heteroatoms. The van der Waals surface area contributed by atoms with E-state index in [2.05, 4.69) is 25.7 Å². The lowest BCUT2D eigenvalue weighted by atomic mass is 10.2. The Kier molecular flexibility index (Phi) is 5.27. The van der Waals surface area contributed by atoms with Crippen LogP contribution in [0.3, 0.4) is 0 Å². The van der Waals surface area contributed by atoms with Crippen molar-refractivity contribution in [2.45, 2.75) is 12.8 Å². The summed E-state index contributed by atoms with van der Waals surface area (Å²) in [5.74, 6) is 0.300. The SMILES string of the molecule is Cn1cccc(C(=O)NCCNc2cc(N3CCCC3)cnn2)c1=O. The summed E-state index contributed by atoms with van der Waals surface area (Å²) in [7, 11) is 1.62. The summed E-state index contributed by atoms with van der Waals surface area (Å²) < 4.78 is 1.38. The van der Waals surface area contributed by atoms with Crippen LogP contribution in [0.25, 0.3) is 0 Å². The van der Waals surface area contributed by atoms with Crippen LogP contribution in [-0.4, -0.2) is 46.9 Å². The lowest BCUT2D eigenvalue weighted by molar-refractivity contribution is 0.0953. The number of hydrogen-bond donors (Lipinski definition) is 2.